The molecule has 1 N–H and O–H groups in total. The Labute approximate surface area is 120 Å². The van der Waals surface area contributed by atoms with Crippen molar-refractivity contribution in [2.24, 2.45) is 0 Å². The Morgan fingerprint density at radius 1 is 1.29 bits per heavy atom. The number of alkyl halides is 3. The SMILES string of the molecule is CN(Cc1ccc(S(=O)(=O)N(C)C)o1)CC(O)C(F)(F)F. The Balaban J connectivity index is 2.72. The summed E-state index contributed by atoms with van der Waals surface area (Å²) >= 11 is 0. The maximum atomic E-state index is 12.2. The molecule has 0 aromatic carbocycles. The Morgan fingerprint density at radius 3 is 2.33 bits per heavy atom. The average molecular weight is 330 g/mol. The van der Waals surface area contributed by atoms with Crippen molar-refractivity contribution in [3.05, 3.63) is 17.9 Å². The number of nitrogens with zero attached hydrogens (tertiary/aromatic N) is 2. The largest absolute Gasteiger partial charge is 0.447 e. The quantitative estimate of drug-likeness (QED) is 0.838. The molecule has 0 fully saturated rings. The lowest BCUT2D eigenvalue weighted by atomic mass is 10.3. The first-order valence-corrected chi connectivity index (χ1v) is 7.33. The highest BCUT2D eigenvalue weighted by molar-refractivity contribution is 7.88. The molecule has 1 rings (SSSR count). The van der Waals surface area contributed by atoms with E-state index in [0.717, 1.165) is 4.31 Å². The molecule has 122 valence electrons. The Hall–Kier alpha value is -1.10. The van der Waals surface area contributed by atoms with Gasteiger partial charge >= 0.3 is 6.18 Å². The van der Waals surface area contributed by atoms with Gasteiger partial charge in [-0.25, -0.2) is 12.7 Å². The fourth-order valence-corrected chi connectivity index (χ4v) is 2.30. The molecule has 0 amide bonds. The predicted molar refractivity (Wildman–Crippen MR) is 68.0 cm³/mol. The summed E-state index contributed by atoms with van der Waals surface area (Å²) in [6.45, 7) is -0.698. The molecule has 1 heterocycles. The van der Waals surface area contributed by atoms with Crippen LogP contribution >= 0.6 is 0 Å². The lowest BCUT2D eigenvalue weighted by Gasteiger charge is -2.21. The topological polar surface area (TPSA) is 74.0 Å². The average Bonchev–Trinajstić information content (AvgIpc) is 2.76. The molecule has 1 unspecified atom stereocenters. The monoisotopic (exact) mass is 330 g/mol. The van der Waals surface area contributed by atoms with Gasteiger partial charge in [0.05, 0.1) is 6.54 Å². The first-order chi connectivity index (χ1) is 9.44. The van der Waals surface area contributed by atoms with Gasteiger partial charge in [0.15, 0.2) is 6.10 Å². The number of halogens is 3. The number of likely N-dealkylation sites (N-methyl/N-ethyl adjacent to an activating group) is 1. The molecule has 6 nitrogen and oxygen atoms in total. The smallest absolute Gasteiger partial charge is 0.415 e. The second-order valence-electron chi connectivity index (χ2n) is 4.76. The van der Waals surface area contributed by atoms with Crippen LogP contribution in [0.4, 0.5) is 13.2 Å². The molecule has 1 aromatic heterocycles. The summed E-state index contributed by atoms with van der Waals surface area (Å²) in [6, 6.07) is 2.60. The third kappa shape index (κ3) is 4.70. The Kier molecular flexibility index (Phi) is 5.42. The number of furan rings is 1. The summed E-state index contributed by atoms with van der Waals surface area (Å²) < 4.78 is 66.3. The van der Waals surface area contributed by atoms with Gasteiger partial charge in [0, 0.05) is 20.6 Å². The zero-order valence-electron chi connectivity index (χ0n) is 11.8. The third-order valence-electron chi connectivity index (χ3n) is 2.66. The molecule has 1 aromatic rings. The molecule has 1 atom stereocenters. The Morgan fingerprint density at radius 2 is 1.86 bits per heavy atom. The van der Waals surface area contributed by atoms with Gasteiger partial charge in [0.2, 0.25) is 5.09 Å². The molecule has 0 aliphatic heterocycles. The first kappa shape index (κ1) is 18.0. The minimum absolute atomic E-state index is 0.0594. The predicted octanol–water partition coefficient (Wildman–Crippen LogP) is 0.885. The number of hydrogen-bond donors (Lipinski definition) is 1. The van der Waals surface area contributed by atoms with E-state index in [1.54, 1.807) is 0 Å². The van der Waals surface area contributed by atoms with Crippen LogP contribution in [0.5, 0.6) is 0 Å². The van der Waals surface area contributed by atoms with E-state index >= 15 is 0 Å². The maximum Gasteiger partial charge on any atom is 0.415 e. The van der Waals surface area contributed by atoms with Gasteiger partial charge in [0.25, 0.3) is 10.0 Å². The lowest BCUT2D eigenvalue weighted by molar-refractivity contribution is -0.207. The van der Waals surface area contributed by atoms with Gasteiger partial charge in [-0.3, -0.25) is 4.90 Å². The number of hydrogen-bond acceptors (Lipinski definition) is 5. The van der Waals surface area contributed by atoms with Gasteiger partial charge in [-0.05, 0) is 19.2 Å². The number of sulfonamides is 1. The zero-order chi connectivity index (χ0) is 16.4. The van der Waals surface area contributed by atoms with Crippen LogP contribution in [0, 0.1) is 0 Å². The van der Waals surface area contributed by atoms with Crippen molar-refractivity contribution >= 4 is 10.0 Å². The van der Waals surface area contributed by atoms with Crippen LogP contribution < -0.4 is 0 Å². The highest BCUT2D eigenvalue weighted by Crippen LogP contribution is 2.22. The van der Waals surface area contributed by atoms with E-state index in [9.17, 15) is 21.6 Å². The zero-order valence-corrected chi connectivity index (χ0v) is 12.6. The van der Waals surface area contributed by atoms with Crippen molar-refractivity contribution in [3.63, 3.8) is 0 Å². The highest BCUT2D eigenvalue weighted by atomic mass is 32.2. The summed E-state index contributed by atoms with van der Waals surface area (Å²) in [5.74, 6) is 0.187. The van der Waals surface area contributed by atoms with Crippen LogP contribution in [0.2, 0.25) is 0 Å². The molecule has 0 spiro atoms. The van der Waals surface area contributed by atoms with E-state index < -0.39 is 28.8 Å². The second kappa shape index (κ2) is 6.34. The molecule has 21 heavy (non-hydrogen) atoms. The number of aliphatic hydroxyl groups is 1. The summed E-state index contributed by atoms with van der Waals surface area (Å²) in [5, 5.41) is 8.66. The molecular formula is C11H17F3N2O4S. The van der Waals surface area contributed by atoms with Gasteiger partial charge in [0.1, 0.15) is 5.76 Å². The second-order valence-corrected chi connectivity index (χ2v) is 6.85. The van der Waals surface area contributed by atoms with E-state index in [1.165, 1.54) is 38.2 Å². The van der Waals surface area contributed by atoms with Crippen LogP contribution in [-0.2, 0) is 16.6 Å². The first-order valence-electron chi connectivity index (χ1n) is 5.89. The van der Waals surface area contributed by atoms with Crippen LogP contribution in [0.15, 0.2) is 21.6 Å². The van der Waals surface area contributed by atoms with Crippen molar-refractivity contribution in [2.75, 3.05) is 27.7 Å². The summed E-state index contributed by atoms with van der Waals surface area (Å²) in [5.41, 5.74) is 0. The van der Waals surface area contributed by atoms with Gasteiger partial charge in [-0.2, -0.15) is 13.2 Å². The van der Waals surface area contributed by atoms with E-state index in [4.69, 9.17) is 9.52 Å². The molecule has 0 saturated carbocycles. The molecule has 0 bridgehead atoms. The number of aliphatic hydroxyl groups excluding tert-OH is 1. The van der Waals surface area contributed by atoms with Gasteiger partial charge < -0.3 is 9.52 Å². The fourth-order valence-electron chi connectivity index (χ4n) is 1.49. The van der Waals surface area contributed by atoms with Gasteiger partial charge in [-0.15, -0.1) is 0 Å². The van der Waals surface area contributed by atoms with Crippen LogP contribution in [0.3, 0.4) is 0 Å². The molecular weight excluding hydrogens is 313 g/mol. The molecule has 0 radical (unpaired) electrons. The van der Waals surface area contributed by atoms with E-state index in [1.807, 2.05) is 0 Å². The van der Waals surface area contributed by atoms with Crippen molar-refractivity contribution in [1.29, 1.82) is 0 Å². The minimum atomic E-state index is -4.70. The molecule has 0 aliphatic carbocycles. The van der Waals surface area contributed by atoms with Crippen LogP contribution in [0.25, 0.3) is 0 Å². The van der Waals surface area contributed by atoms with Crippen molar-refractivity contribution in [1.82, 2.24) is 9.21 Å². The normalized spacial score (nSPS) is 14.9. The summed E-state index contributed by atoms with van der Waals surface area (Å²) in [7, 11) is 0.313. The lowest BCUT2D eigenvalue weighted by Crippen LogP contribution is -2.39. The molecule has 0 saturated heterocycles. The Bertz CT molecular complexity index is 568. The van der Waals surface area contributed by atoms with Crippen LogP contribution in [-0.4, -0.2) is 62.7 Å². The van der Waals surface area contributed by atoms with Crippen molar-refractivity contribution < 1.29 is 31.1 Å². The minimum Gasteiger partial charge on any atom is -0.447 e. The summed E-state index contributed by atoms with van der Waals surface area (Å²) in [4.78, 5) is 1.18. The van der Waals surface area contributed by atoms with Crippen molar-refractivity contribution in [2.45, 2.75) is 23.9 Å². The molecule has 10 heteroatoms. The van der Waals surface area contributed by atoms with E-state index in [0.29, 0.717) is 0 Å². The standard InChI is InChI=1S/C11H17F3N2O4S/c1-15(2)21(18,19)10-5-4-8(20-10)6-16(3)7-9(17)11(12,13)14/h4-5,9,17H,6-7H2,1-3H3. The molecule has 0 aliphatic rings. The van der Waals surface area contributed by atoms with E-state index in [2.05, 4.69) is 0 Å². The number of rotatable bonds is 6. The highest BCUT2D eigenvalue weighted by Gasteiger charge is 2.38. The maximum absolute atomic E-state index is 12.2. The summed E-state index contributed by atoms with van der Waals surface area (Å²) in [6.07, 6.45) is -7.17. The van der Waals surface area contributed by atoms with E-state index in [-0.39, 0.29) is 17.4 Å². The fraction of sp³-hybridized carbons (Fsp3) is 0.636. The third-order valence-corrected chi connectivity index (χ3v) is 4.35. The van der Waals surface area contributed by atoms with Gasteiger partial charge in [-0.1, -0.05) is 0 Å². The van der Waals surface area contributed by atoms with Crippen molar-refractivity contribution in [3.8, 4) is 0 Å². The van der Waals surface area contributed by atoms with Crippen LogP contribution in [0.1, 0.15) is 5.76 Å².